The fourth-order valence-corrected chi connectivity index (χ4v) is 5.83. The molecule has 2 atom stereocenters. The van der Waals surface area contributed by atoms with Crippen molar-refractivity contribution in [3.8, 4) is 0 Å². The van der Waals surface area contributed by atoms with Gasteiger partial charge < -0.3 is 24.0 Å². The first-order valence-electron chi connectivity index (χ1n) is 11.8. The molecule has 3 aliphatic rings. The van der Waals surface area contributed by atoms with Crippen LogP contribution in [0.2, 0.25) is 0 Å². The maximum absolute atomic E-state index is 3.92. The molecular weight excluding hydrogens is 443 g/mol. The number of likely N-dealkylation sites (N-methyl/N-ethyl adjacent to an activating group) is 1. The van der Waals surface area contributed by atoms with Crippen molar-refractivity contribution in [1.29, 1.82) is 0 Å². The molecule has 0 bridgehead atoms. The van der Waals surface area contributed by atoms with Crippen LogP contribution in [0, 0.1) is 6.42 Å². The zero-order valence-electron chi connectivity index (χ0n) is 18.0. The molecule has 0 aromatic carbocycles. The van der Waals surface area contributed by atoms with E-state index in [9.17, 15) is 0 Å². The Balaban J connectivity index is 0.00000261. The van der Waals surface area contributed by atoms with Crippen LogP contribution in [-0.2, 0) is 0 Å². The average molecular weight is 487 g/mol. The second kappa shape index (κ2) is 12.1. The zero-order chi connectivity index (χ0) is 18.2. The topological polar surface area (TPSA) is 15.3 Å². The van der Waals surface area contributed by atoms with Crippen molar-refractivity contribution in [2.45, 2.75) is 115 Å². The Morgan fingerprint density at radius 1 is 1.04 bits per heavy atom. The summed E-state index contributed by atoms with van der Waals surface area (Å²) in [6.45, 7) is 4.72. The van der Waals surface area contributed by atoms with Crippen molar-refractivity contribution in [1.82, 2.24) is 10.2 Å². The molecule has 2 aliphatic heterocycles. The third-order valence-corrected chi connectivity index (χ3v) is 7.36. The van der Waals surface area contributed by atoms with Crippen molar-refractivity contribution in [3.63, 3.8) is 0 Å². The minimum absolute atomic E-state index is 0. The Kier molecular flexibility index (Phi) is 10.5. The molecule has 1 saturated heterocycles. The molecule has 1 spiro atoms. The summed E-state index contributed by atoms with van der Waals surface area (Å²) in [6.07, 6.45) is 23.7. The van der Waals surface area contributed by atoms with Gasteiger partial charge in [-0.25, -0.2) is 0 Å². The van der Waals surface area contributed by atoms with Gasteiger partial charge in [-0.1, -0.05) is 64.7 Å². The highest BCUT2D eigenvalue weighted by Gasteiger charge is 2.57. The van der Waals surface area contributed by atoms with E-state index in [2.05, 4.69) is 30.6 Å². The van der Waals surface area contributed by atoms with E-state index >= 15 is 0 Å². The number of nitrogens with one attached hydrogen (secondary N) is 1. The summed E-state index contributed by atoms with van der Waals surface area (Å²) in [5.41, 5.74) is 3.85. The third-order valence-electron chi connectivity index (χ3n) is 7.36. The Hall–Kier alpha value is 0.260. The first kappa shape index (κ1) is 23.5. The zero-order valence-corrected chi connectivity index (χ0v) is 20.2. The molecule has 2 heterocycles. The predicted octanol–water partition coefficient (Wildman–Crippen LogP) is 3.03. The minimum Gasteiger partial charge on any atom is -1.00 e. The van der Waals surface area contributed by atoms with E-state index in [1.165, 1.54) is 103 Å². The van der Waals surface area contributed by atoms with Crippen LogP contribution in [-0.4, -0.2) is 36.6 Å². The molecule has 2 fully saturated rings. The summed E-state index contributed by atoms with van der Waals surface area (Å²) < 4.78 is 0. The van der Waals surface area contributed by atoms with Gasteiger partial charge >= 0.3 is 0 Å². The summed E-state index contributed by atoms with van der Waals surface area (Å²) >= 11 is 0. The minimum atomic E-state index is 0. The lowest BCUT2D eigenvalue weighted by Crippen LogP contribution is -3.00. The normalized spacial score (nSPS) is 27.7. The van der Waals surface area contributed by atoms with E-state index < -0.39 is 0 Å². The van der Waals surface area contributed by atoms with Crippen LogP contribution < -0.4 is 29.3 Å². The van der Waals surface area contributed by atoms with E-state index in [-0.39, 0.29) is 24.0 Å². The van der Waals surface area contributed by atoms with Crippen LogP contribution in [0.3, 0.4) is 0 Å². The molecule has 0 unspecified atom stereocenters. The SMILES string of the molecule is CCCCCCCCCCCCC1=C2[CH+]CCC[C@]23[C@@H](CCN3C)NC1.[I-]. The molecule has 0 aromatic heterocycles. The first-order chi connectivity index (χ1) is 12.8. The highest BCUT2D eigenvalue weighted by Crippen LogP contribution is 2.47. The van der Waals surface area contributed by atoms with E-state index in [4.69, 9.17) is 0 Å². The molecule has 2 nitrogen and oxygen atoms in total. The molecule has 0 amide bonds. The average Bonchev–Trinajstić information content (AvgIpc) is 2.98. The van der Waals surface area contributed by atoms with Crippen molar-refractivity contribution < 1.29 is 24.0 Å². The molecule has 0 aromatic rings. The Morgan fingerprint density at radius 3 is 2.41 bits per heavy atom. The molecule has 1 aliphatic carbocycles. The number of hydrogen-bond acceptors (Lipinski definition) is 2. The molecule has 27 heavy (non-hydrogen) atoms. The number of nitrogens with zero attached hydrogens (tertiary/aromatic N) is 1. The van der Waals surface area contributed by atoms with Gasteiger partial charge in [-0.05, 0) is 32.7 Å². The maximum atomic E-state index is 3.92. The van der Waals surface area contributed by atoms with Crippen molar-refractivity contribution in [2.75, 3.05) is 20.1 Å². The van der Waals surface area contributed by atoms with E-state index in [1.54, 1.807) is 11.1 Å². The van der Waals surface area contributed by atoms with E-state index in [0.717, 1.165) is 6.54 Å². The lowest BCUT2D eigenvalue weighted by Gasteiger charge is -2.45. The standard InChI is InChI=1S/C24H43N2.HI/c1-3-4-5-6-7-8-9-10-11-12-15-21-20-25-23-17-19-26(2)24(23)18-14-13-16-22(21)24;/h16,23,25H,3-15,17-20H2,1-2H3;1H/q+1;/p-1/t23-,24-;/m1./s1. The molecule has 3 rings (SSSR count). The van der Waals surface area contributed by atoms with Gasteiger partial charge in [0.2, 0.25) is 0 Å². The van der Waals surface area contributed by atoms with Crippen LogP contribution in [0.15, 0.2) is 11.1 Å². The summed E-state index contributed by atoms with van der Waals surface area (Å²) in [6, 6.07) is 0.704. The van der Waals surface area contributed by atoms with Gasteiger partial charge in [-0.2, -0.15) is 0 Å². The lowest BCUT2D eigenvalue weighted by molar-refractivity contribution is -0.00000566. The number of unbranched alkanes of at least 4 members (excludes halogenated alkanes) is 9. The van der Waals surface area contributed by atoms with Crippen LogP contribution in [0.25, 0.3) is 0 Å². The monoisotopic (exact) mass is 486 g/mol. The molecule has 0 radical (unpaired) electrons. The Bertz CT molecular complexity index is 461. The Labute approximate surface area is 186 Å². The predicted molar refractivity (Wildman–Crippen MR) is 113 cm³/mol. The van der Waals surface area contributed by atoms with Gasteiger partial charge in [0.05, 0.1) is 17.7 Å². The third kappa shape index (κ3) is 5.66. The highest BCUT2D eigenvalue weighted by molar-refractivity contribution is 5.42. The second-order valence-electron chi connectivity index (χ2n) is 9.11. The number of halogens is 1. The van der Waals surface area contributed by atoms with Gasteiger partial charge in [0, 0.05) is 31.8 Å². The number of rotatable bonds is 11. The van der Waals surface area contributed by atoms with Gasteiger partial charge in [0.15, 0.2) is 0 Å². The van der Waals surface area contributed by atoms with Crippen LogP contribution in [0.5, 0.6) is 0 Å². The second-order valence-corrected chi connectivity index (χ2v) is 9.11. The first-order valence-corrected chi connectivity index (χ1v) is 11.8. The molecule has 3 heteroatoms. The van der Waals surface area contributed by atoms with Crippen LogP contribution >= 0.6 is 0 Å². The summed E-state index contributed by atoms with van der Waals surface area (Å²) in [5.74, 6) is 0. The van der Waals surface area contributed by atoms with E-state index in [1.807, 2.05) is 0 Å². The highest BCUT2D eigenvalue weighted by atomic mass is 127. The van der Waals surface area contributed by atoms with Gasteiger partial charge in [0.25, 0.3) is 0 Å². The van der Waals surface area contributed by atoms with E-state index in [0.29, 0.717) is 11.6 Å². The summed E-state index contributed by atoms with van der Waals surface area (Å²) in [4.78, 5) is 2.67. The van der Waals surface area contributed by atoms with Gasteiger partial charge in [-0.3, -0.25) is 10.2 Å². The van der Waals surface area contributed by atoms with Crippen LogP contribution in [0.4, 0.5) is 0 Å². The Morgan fingerprint density at radius 2 is 1.70 bits per heavy atom. The number of likely N-dealkylation sites (tertiary alicyclic amines) is 1. The summed E-state index contributed by atoms with van der Waals surface area (Å²) in [5, 5.41) is 3.92. The molecule has 156 valence electrons. The summed E-state index contributed by atoms with van der Waals surface area (Å²) in [7, 11) is 2.37. The number of hydrogen-bond donors (Lipinski definition) is 1. The van der Waals surface area contributed by atoms with Gasteiger partial charge in [0.1, 0.15) is 5.57 Å². The largest absolute Gasteiger partial charge is 1.00 e. The maximum Gasteiger partial charge on any atom is 0.128 e. The lowest BCUT2D eigenvalue weighted by atomic mass is 9.68. The quantitative estimate of drug-likeness (QED) is 0.275. The van der Waals surface area contributed by atoms with Crippen molar-refractivity contribution in [2.24, 2.45) is 0 Å². The van der Waals surface area contributed by atoms with Crippen molar-refractivity contribution >= 4 is 0 Å². The van der Waals surface area contributed by atoms with Gasteiger partial charge in [-0.15, -0.1) is 0 Å². The van der Waals surface area contributed by atoms with Crippen molar-refractivity contribution in [3.05, 3.63) is 17.6 Å². The fourth-order valence-electron chi connectivity index (χ4n) is 5.83. The molecular formula is C24H43IN2. The van der Waals surface area contributed by atoms with Crippen LogP contribution in [0.1, 0.15) is 103 Å². The fraction of sp³-hybridized carbons (Fsp3) is 0.875. The smallest absolute Gasteiger partial charge is 0.128 e. The molecule has 1 N–H and O–H groups in total. The molecule has 1 saturated carbocycles.